The monoisotopic (exact) mass is 518 g/mol. The van der Waals surface area contributed by atoms with E-state index in [0.717, 1.165) is 25.8 Å². The number of benzene rings is 3. The Hall–Kier alpha value is -2.38. The van der Waals surface area contributed by atoms with Gasteiger partial charge in [0.25, 0.3) is 5.69 Å². The summed E-state index contributed by atoms with van der Waals surface area (Å²) in [5, 5.41) is 14.2. The molecule has 3 rings (SSSR count). The van der Waals surface area contributed by atoms with E-state index in [2.05, 4.69) is 63.2 Å². The fourth-order valence-corrected chi connectivity index (χ4v) is 4.37. The molecule has 0 radical (unpaired) electrons. The van der Waals surface area contributed by atoms with E-state index in [9.17, 15) is 10.1 Å². The first-order chi connectivity index (χ1) is 13.8. The molecule has 0 saturated carbocycles. The van der Waals surface area contributed by atoms with Crippen LogP contribution in [-0.4, -0.2) is 4.92 Å². The van der Waals surface area contributed by atoms with Gasteiger partial charge in [0, 0.05) is 24.4 Å². The average Bonchev–Trinajstić information content (AvgIpc) is 2.69. The normalized spacial score (nSPS) is 10.6. The maximum absolute atomic E-state index is 10.7. The number of anilines is 1. The van der Waals surface area contributed by atoms with Crippen LogP contribution in [0.1, 0.15) is 22.3 Å². The molecule has 3 aromatic rings. The minimum absolute atomic E-state index is 0.0665. The molecular formula is C22H20Br2N2O3. The summed E-state index contributed by atoms with van der Waals surface area (Å²) in [6, 6.07) is 16.6. The summed E-state index contributed by atoms with van der Waals surface area (Å²) < 4.78 is 7.60. The number of non-ortho nitro benzene ring substituents is 1. The van der Waals surface area contributed by atoms with Crippen LogP contribution in [0.4, 0.5) is 11.4 Å². The van der Waals surface area contributed by atoms with Gasteiger partial charge in [0.15, 0.2) is 0 Å². The zero-order valence-corrected chi connectivity index (χ0v) is 19.2. The number of aryl methyl sites for hydroxylation is 1. The van der Waals surface area contributed by atoms with Crippen molar-refractivity contribution in [1.82, 2.24) is 0 Å². The van der Waals surface area contributed by atoms with Gasteiger partial charge >= 0.3 is 0 Å². The zero-order valence-electron chi connectivity index (χ0n) is 16.0. The van der Waals surface area contributed by atoms with E-state index in [1.165, 1.54) is 23.3 Å². The number of ether oxygens (including phenoxy) is 1. The van der Waals surface area contributed by atoms with E-state index in [4.69, 9.17) is 4.74 Å². The van der Waals surface area contributed by atoms with Crippen molar-refractivity contribution in [3.05, 3.63) is 95.9 Å². The summed E-state index contributed by atoms with van der Waals surface area (Å²) in [7, 11) is 0. The third kappa shape index (κ3) is 5.36. The van der Waals surface area contributed by atoms with Crippen LogP contribution in [0, 0.1) is 24.0 Å². The fraction of sp³-hybridized carbons (Fsp3) is 0.182. The Kier molecular flexibility index (Phi) is 6.92. The number of rotatable bonds is 7. The van der Waals surface area contributed by atoms with Crippen LogP contribution in [-0.2, 0) is 13.2 Å². The lowest BCUT2D eigenvalue weighted by Crippen LogP contribution is -2.03. The van der Waals surface area contributed by atoms with Crippen LogP contribution in [0.25, 0.3) is 0 Å². The number of nitrogens with zero attached hydrogens (tertiary/aromatic N) is 1. The largest absolute Gasteiger partial charge is 0.487 e. The molecule has 0 aliphatic carbocycles. The second kappa shape index (κ2) is 9.41. The third-order valence-corrected chi connectivity index (χ3v) is 5.85. The van der Waals surface area contributed by atoms with Crippen molar-refractivity contribution in [2.45, 2.75) is 27.0 Å². The number of nitro groups is 1. The van der Waals surface area contributed by atoms with Gasteiger partial charge in [-0.15, -0.1) is 0 Å². The number of nitrogens with one attached hydrogen (secondary N) is 1. The van der Waals surface area contributed by atoms with E-state index in [1.54, 1.807) is 12.1 Å². The van der Waals surface area contributed by atoms with Gasteiger partial charge in [-0.25, -0.2) is 0 Å². The van der Waals surface area contributed by atoms with Gasteiger partial charge in [0.1, 0.15) is 12.4 Å². The first kappa shape index (κ1) is 21.3. The van der Waals surface area contributed by atoms with Crippen LogP contribution in [0.5, 0.6) is 5.75 Å². The quantitative estimate of drug-likeness (QED) is 0.271. The Morgan fingerprint density at radius 3 is 2.28 bits per heavy atom. The average molecular weight is 520 g/mol. The molecule has 0 spiro atoms. The van der Waals surface area contributed by atoms with E-state index in [0.29, 0.717) is 18.9 Å². The highest BCUT2D eigenvalue weighted by Gasteiger charge is 2.11. The lowest BCUT2D eigenvalue weighted by molar-refractivity contribution is -0.384. The van der Waals surface area contributed by atoms with Crippen molar-refractivity contribution in [3.63, 3.8) is 0 Å². The lowest BCUT2D eigenvalue weighted by atomic mass is 10.1. The molecule has 1 N–H and O–H groups in total. The van der Waals surface area contributed by atoms with E-state index < -0.39 is 4.92 Å². The van der Waals surface area contributed by atoms with Crippen LogP contribution >= 0.6 is 31.9 Å². The Balaban J connectivity index is 1.67. The van der Waals surface area contributed by atoms with E-state index in [1.807, 2.05) is 18.2 Å². The molecule has 5 nitrogen and oxygen atoms in total. The highest BCUT2D eigenvalue weighted by molar-refractivity contribution is 9.11. The van der Waals surface area contributed by atoms with Crippen LogP contribution in [0.2, 0.25) is 0 Å². The number of halogens is 2. The van der Waals surface area contributed by atoms with Crippen LogP contribution in [0.3, 0.4) is 0 Å². The first-order valence-corrected chi connectivity index (χ1v) is 10.6. The van der Waals surface area contributed by atoms with Crippen molar-refractivity contribution < 1.29 is 9.66 Å². The van der Waals surface area contributed by atoms with E-state index >= 15 is 0 Å². The van der Waals surface area contributed by atoms with Crippen molar-refractivity contribution in [2.75, 3.05) is 5.32 Å². The van der Waals surface area contributed by atoms with Gasteiger partial charge in [-0.3, -0.25) is 10.1 Å². The van der Waals surface area contributed by atoms with Gasteiger partial charge in [0.2, 0.25) is 0 Å². The predicted octanol–water partition coefficient (Wildman–Crippen LogP) is 6.93. The van der Waals surface area contributed by atoms with Crippen molar-refractivity contribution in [1.29, 1.82) is 0 Å². The summed E-state index contributed by atoms with van der Waals surface area (Å²) in [4.78, 5) is 10.3. The maximum Gasteiger partial charge on any atom is 0.269 e. The summed E-state index contributed by atoms with van der Waals surface area (Å²) in [6.07, 6.45) is 0. The molecule has 0 bridgehead atoms. The molecule has 0 fully saturated rings. The molecule has 0 aliphatic rings. The third-order valence-electron chi connectivity index (χ3n) is 4.68. The summed E-state index contributed by atoms with van der Waals surface area (Å²) >= 11 is 7.16. The minimum Gasteiger partial charge on any atom is -0.487 e. The molecule has 0 aromatic heterocycles. The summed E-state index contributed by atoms with van der Waals surface area (Å²) in [5.41, 5.74) is 5.65. The smallest absolute Gasteiger partial charge is 0.269 e. The number of nitro benzene ring substituents is 1. The molecule has 0 heterocycles. The Morgan fingerprint density at radius 2 is 1.66 bits per heavy atom. The van der Waals surface area contributed by atoms with Crippen molar-refractivity contribution in [3.8, 4) is 5.75 Å². The Morgan fingerprint density at radius 1 is 1.00 bits per heavy atom. The molecule has 0 atom stereocenters. The van der Waals surface area contributed by atoms with Gasteiger partial charge in [-0.1, -0.05) is 12.1 Å². The van der Waals surface area contributed by atoms with Crippen molar-refractivity contribution >= 4 is 43.2 Å². The van der Waals surface area contributed by atoms with Gasteiger partial charge < -0.3 is 10.1 Å². The molecule has 7 heteroatoms. The molecule has 0 aliphatic heterocycles. The van der Waals surface area contributed by atoms with Crippen LogP contribution < -0.4 is 10.1 Å². The lowest BCUT2D eigenvalue weighted by Gasteiger charge is -2.15. The zero-order chi connectivity index (χ0) is 21.0. The second-order valence-corrected chi connectivity index (χ2v) is 8.41. The van der Waals surface area contributed by atoms with Gasteiger partial charge in [0.05, 0.1) is 13.9 Å². The molecule has 0 unspecified atom stereocenters. The fourth-order valence-electron chi connectivity index (χ4n) is 2.86. The Labute approximate surface area is 186 Å². The van der Waals surface area contributed by atoms with Gasteiger partial charge in [-0.2, -0.15) is 0 Å². The molecule has 29 heavy (non-hydrogen) atoms. The molecule has 150 valence electrons. The maximum atomic E-state index is 10.7. The highest BCUT2D eigenvalue weighted by atomic mass is 79.9. The SMILES string of the molecule is Cc1cccc(NCc2cc(Br)c(OCc3ccc([N+](=O)[O-])cc3)c(Br)c2)c1C. The standard InChI is InChI=1S/C22H20Br2N2O3/c1-14-4-3-5-21(15(14)2)25-12-17-10-19(23)22(20(24)11-17)29-13-16-6-8-18(9-7-16)26(27)28/h3-11,25H,12-13H2,1-2H3. The molecule has 0 amide bonds. The van der Waals surface area contributed by atoms with E-state index in [-0.39, 0.29) is 5.69 Å². The number of hydrogen-bond donors (Lipinski definition) is 1. The van der Waals surface area contributed by atoms with Crippen LogP contribution in [0.15, 0.2) is 63.5 Å². The topological polar surface area (TPSA) is 64.4 Å². The summed E-state index contributed by atoms with van der Waals surface area (Å²) in [6.45, 7) is 5.21. The van der Waals surface area contributed by atoms with Gasteiger partial charge in [-0.05, 0) is 98.3 Å². The minimum atomic E-state index is -0.414. The molecular weight excluding hydrogens is 500 g/mol. The molecule has 3 aromatic carbocycles. The van der Waals surface area contributed by atoms with Crippen molar-refractivity contribution in [2.24, 2.45) is 0 Å². The number of hydrogen-bond acceptors (Lipinski definition) is 4. The Bertz CT molecular complexity index is 1010. The highest BCUT2D eigenvalue weighted by Crippen LogP contribution is 2.35. The first-order valence-electron chi connectivity index (χ1n) is 8.99. The summed E-state index contributed by atoms with van der Waals surface area (Å²) in [5.74, 6) is 0.693. The predicted molar refractivity (Wildman–Crippen MR) is 123 cm³/mol. The second-order valence-electron chi connectivity index (χ2n) is 6.70. The molecule has 0 saturated heterocycles.